The zero-order chi connectivity index (χ0) is 24.2. The van der Waals surface area contributed by atoms with Gasteiger partial charge in [-0.3, -0.25) is 14.6 Å². The maximum absolute atomic E-state index is 14.1. The summed E-state index contributed by atoms with van der Waals surface area (Å²) in [6.45, 7) is 4.87. The van der Waals surface area contributed by atoms with Gasteiger partial charge in [-0.15, -0.1) is 0 Å². The van der Waals surface area contributed by atoms with Crippen LogP contribution in [0.25, 0.3) is 10.9 Å². The van der Waals surface area contributed by atoms with Crippen LogP contribution >= 0.6 is 0 Å². The molecule has 0 aliphatic carbocycles. The smallest absolute Gasteiger partial charge is 0.255 e. The van der Waals surface area contributed by atoms with Crippen LogP contribution in [0.5, 0.6) is 5.75 Å². The highest BCUT2D eigenvalue weighted by molar-refractivity contribution is 6.08. The maximum atomic E-state index is 14.1. The summed E-state index contributed by atoms with van der Waals surface area (Å²) in [5, 5.41) is 0.448. The molecule has 1 aromatic heterocycles. The molecule has 2 aliphatic rings. The van der Waals surface area contributed by atoms with Crippen LogP contribution < -0.4 is 9.64 Å². The molecule has 2 amide bonds. The van der Waals surface area contributed by atoms with E-state index < -0.39 is 5.82 Å². The van der Waals surface area contributed by atoms with Gasteiger partial charge in [-0.25, -0.2) is 4.39 Å². The number of ether oxygens (including phenoxy) is 1. The molecular weight excluding hydrogens is 447 g/mol. The molecule has 0 spiro atoms. The predicted octanol–water partition coefficient (Wildman–Crippen LogP) is 3.73. The average Bonchev–Trinajstić information content (AvgIpc) is 3.41. The number of halogens is 1. The quantitative estimate of drug-likeness (QED) is 0.486. The summed E-state index contributed by atoms with van der Waals surface area (Å²) in [5.41, 5.74) is 1.28. The Bertz CT molecular complexity index is 1210. The van der Waals surface area contributed by atoms with E-state index in [1.54, 1.807) is 17.0 Å². The highest BCUT2D eigenvalue weighted by Gasteiger charge is 2.29. The number of benzene rings is 2. The Morgan fingerprint density at radius 1 is 1.00 bits per heavy atom. The standard InChI is InChI=1S/C27H29FN4O3/c28-24-11-10-23(22-5-3-12-29-26(22)24)27(34)31-16-17-32(25(33)19-31)20-6-8-21(9-7-20)35-18-4-15-30-13-1-2-14-30/h3,5-12H,1-2,4,13-19H2. The molecule has 2 aliphatic heterocycles. The van der Waals surface area contributed by atoms with Gasteiger partial charge in [-0.2, -0.15) is 0 Å². The summed E-state index contributed by atoms with van der Waals surface area (Å²) < 4.78 is 20.0. The number of hydrogen-bond acceptors (Lipinski definition) is 5. The van der Waals surface area contributed by atoms with Gasteiger partial charge in [-0.05, 0) is 74.8 Å². The van der Waals surface area contributed by atoms with Crippen LogP contribution in [-0.4, -0.2) is 72.5 Å². The van der Waals surface area contributed by atoms with E-state index in [0.29, 0.717) is 30.6 Å². The van der Waals surface area contributed by atoms with Crippen molar-refractivity contribution in [3.05, 3.63) is 66.1 Å². The number of amides is 2. The average molecular weight is 477 g/mol. The molecule has 5 rings (SSSR count). The van der Waals surface area contributed by atoms with Crippen molar-refractivity contribution in [3.63, 3.8) is 0 Å². The molecule has 2 saturated heterocycles. The van der Waals surface area contributed by atoms with E-state index in [9.17, 15) is 14.0 Å². The monoisotopic (exact) mass is 476 g/mol. The van der Waals surface area contributed by atoms with Crippen molar-refractivity contribution in [2.75, 3.05) is 50.8 Å². The second-order valence-corrected chi connectivity index (χ2v) is 9.01. The molecule has 0 N–H and O–H groups in total. The number of rotatable bonds is 7. The molecule has 182 valence electrons. The number of likely N-dealkylation sites (tertiary alicyclic amines) is 1. The first kappa shape index (κ1) is 23.2. The first-order valence-corrected chi connectivity index (χ1v) is 12.2. The van der Waals surface area contributed by atoms with Crippen molar-refractivity contribution in [3.8, 4) is 5.75 Å². The van der Waals surface area contributed by atoms with Crippen molar-refractivity contribution in [1.82, 2.24) is 14.8 Å². The first-order valence-electron chi connectivity index (χ1n) is 12.2. The molecule has 0 unspecified atom stereocenters. The number of aromatic nitrogens is 1. The molecule has 0 saturated carbocycles. The van der Waals surface area contributed by atoms with E-state index in [1.165, 1.54) is 49.2 Å². The second-order valence-electron chi connectivity index (χ2n) is 9.01. The molecule has 2 aromatic carbocycles. The third-order valence-corrected chi connectivity index (χ3v) is 6.69. The third kappa shape index (κ3) is 5.12. The lowest BCUT2D eigenvalue weighted by Gasteiger charge is -2.34. The number of fused-ring (bicyclic) bond motifs is 1. The molecule has 0 atom stereocenters. The third-order valence-electron chi connectivity index (χ3n) is 6.69. The van der Waals surface area contributed by atoms with Crippen LogP contribution in [0.4, 0.5) is 10.1 Å². The van der Waals surface area contributed by atoms with Gasteiger partial charge in [-0.1, -0.05) is 6.07 Å². The summed E-state index contributed by atoms with van der Waals surface area (Å²) in [6.07, 6.45) is 5.08. The van der Waals surface area contributed by atoms with Gasteiger partial charge in [0.2, 0.25) is 5.91 Å². The fraction of sp³-hybridized carbons (Fsp3) is 0.370. The normalized spacial score (nSPS) is 16.8. The van der Waals surface area contributed by atoms with Gasteiger partial charge in [0.15, 0.2) is 0 Å². The SMILES string of the molecule is O=C(c1ccc(F)c2ncccc12)N1CCN(c2ccc(OCCCN3CCCC3)cc2)C(=O)C1. The largest absolute Gasteiger partial charge is 0.494 e. The number of carbonyl (C=O) groups excluding carboxylic acids is 2. The van der Waals surface area contributed by atoms with Crippen LogP contribution in [-0.2, 0) is 4.79 Å². The Kier molecular flexibility index (Phi) is 6.90. The molecule has 0 bridgehead atoms. The Hall–Kier alpha value is -3.52. The zero-order valence-electron chi connectivity index (χ0n) is 19.7. The van der Waals surface area contributed by atoms with Crippen molar-refractivity contribution >= 4 is 28.4 Å². The molecule has 2 fully saturated rings. The highest BCUT2D eigenvalue weighted by Crippen LogP contribution is 2.24. The van der Waals surface area contributed by atoms with Gasteiger partial charge >= 0.3 is 0 Å². The number of piperazine rings is 1. The topological polar surface area (TPSA) is 66.0 Å². The number of hydrogen-bond donors (Lipinski definition) is 0. The summed E-state index contributed by atoms with van der Waals surface area (Å²) in [7, 11) is 0. The number of anilines is 1. The molecule has 7 nitrogen and oxygen atoms in total. The zero-order valence-corrected chi connectivity index (χ0v) is 19.7. The fourth-order valence-corrected chi connectivity index (χ4v) is 4.82. The van der Waals surface area contributed by atoms with Gasteiger partial charge in [0, 0.05) is 42.5 Å². The van der Waals surface area contributed by atoms with E-state index in [1.807, 2.05) is 24.3 Å². The predicted molar refractivity (Wildman–Crippen MR) is 132 cm³/mol. The van der Waals surface area contributed by atoms with Crippen LogP contribution in [0.3, 0.4) is 0 Å². The van der Waals surface area contributed by atoms with E-state index in [0.717, 1.165) is 24.4 Å². The van der Waals surface area contributed by atoms with Crippen molar-refractivity contribution in [2.24, 2.45) is 0 Å². The second kappa shape index (κ2) is 10.4. The lowest BCUT2D eigenvalue weighted by molar-refractivity contribution is -0.120. The van der Waals surface area contributed by atoms with Gasteiger partial charge < -0.3 is 19.4 Å². The van der Waals surface area contributed by atoms with Gasteiger partial charge in [0.1, 0.15) is 23.6 Å². The van der Waals surface area contributed by atoms with Crippen molar-refractivity contribution in [2.45, 2.75) is 19.3 Å². The fourth-order valence-electron chi connectivity index (χ4n) is 4.82. The summed E-state index contributed by atoms with van der Waals surface area (Å²) in [4.78, 5) is 35.8. The first-order chi connectivity index (χ1) is 17.1. The van der Waals surface area contributed by atoms with Crippen molar-refractivity contribution < 1.29 is 18.7 Å². The summed E-state index contributed by atoms with van der Waals surface area (Å²) in [5.74, 6) is -0.146. The minimum absolute atomic E-state index is 0.0350. The number of carbonyl (C=O) groups is 2. The molecule has 3 heterocycles. The number of pyridine rings is 1. The van der Waals surface area contributed by atoms with E-state index in [-0.39, 0.29) is 23.9 Å². The summed E-state index contributed by atoms with van der Waals surface area (Å²) in [6, 6.07) is 13.6. The summed E-state index contributed by atoms with van der Waals surface area (Å²) >= 11 is 0. The van der Waals surface area contributed by atoms with E-state index in [2.05, 4.69) is 9.88 Å². The van der Waals surface area contributed by atoms with Crippen LogP contribution in [0, 0.1) is 5.82 Å². The minimum atomic E-state index is -0.475. The van der Waals surface area contributed by atoms with Gasteiger partial charge in [0.05, 0.1) is 6.61 Å². The lowest BCUT2D eigenvalue weighted by atomic mass is 10.1. The number of nitrogens with zero attached hydrogens (tertiary/aromatic N) is 4. The van der Waals surface area contributed by atoms with Crippen LogP contribution in [0.15, 0.2) is 54.7 Å². The van der Waals surface area contributed by atoms with E-state index >= 15 is 0 Å². The highest BCUT2D eigenvalue weighted by atomic mass is 19.1. The van der Waals surface area contributed by atoms with Crippen molar-refractivity contribution in [1.29, 1.82) is 0 Å². The minimum Gasteiger partial charge on any atom is -0.494 e. The van der Waals surface area contributed by atoms with Gasteiger partial charge in [0.25, 0.3) is 5.91 Å². The Labute approximate surface area is 204 Å². The Morgan fingerprint density at radius 3 is 2.57 bits per heavy atom. The van der Waals surface area contributed by atoms with Crippen LogP contribution in [0.2, 0.25) is 0 Å². The molecule has 3 aromatic rings. The molecule has 0 radical (unpaired) electrons. The molecule has 8 heteroatoms. The Morgan fingerprint density at radius 2 is 1.80 bits per heavy atom. The van der Waals surface area contributed by atoms with E-state index in [4.69, 9.17) is 4.74 Å². The van der Waals surface area contributed by atoms with Crippen LogP contribution in [0.1, 0.15) is 29.6 Å². The lowest BCUT2D eigenvalue weighted by Crippen LogP contribution is -2.52. The Balaban J connectivity index is 1.17. The maximum Gasteiger partial charge on any atom is 0.255 e. The molecular formula is C27H29FN4O3. The molecule has 35 heavy (non-hydrogen) atoms.